The van der Waals surface area contributed by atoms with Gasteiger partial charge in [-0.05, 0) is 18.2 Å². The van der Waals surface area contributed by atoms with E-state index in [-0.39, 0.29) is 17.8 Å². The average molecular weight is 455 g/mol. The Morgan fingerprint density at radius 3 is 2.33 bits per heavy atom. The van der Waals surface area contributed by atoms with Gasteiger partial charge in [-0.15, -0.1) is 0 Å². The van der Waals surface area contributed by atoms with Crippen LogP contribution in [0.25, 0.3) is 5.69 Å². The van der Waals surface area contributed by atoms with Crippen molar-refractivity contribution in [1.82, 2.24) is 9.78 Å². The lowest BCUT2D eigenvalue weighted by Gasteiger charge is -2.23. The highest BCUT2D eigenvalue weighted by Crippen LogP contribution is 2.34. The van der Waals surface area contributed by atoms with E-state index >= 15 is 0 Å². The summed E-state index contributed by atoms with van der Waals surface area (Å²) in [5, 5.41) is 14.6. The first-order valence-corrected chi connectivity index (χ1v) is 9.36. The van der Waals surface area contributed by atoms with Crippen LogP contribution in [0.1, 0.15) is 26.5 Å². The van der Waals surface area contributed by atoms with Crippen LogP contribution in [0.4, 0.5) is 10.6 Å². The van der Waals surface area contributed by atoms with Crippen LogP contribution in [-0.2, 0) is 5.41 Å². The van der Waals surface area contributed by atoms with Crippen LogP contribution in [0.3, 0.4) is 0 Å². The molecule has 148 valence electrons. The van der Waals surface area contributed by atoms with Crippen LogP contribution in [0.5, 0.6) is 5.75 Å². The Hall–Kier alpha value is -1.34. The van der Waals surface area contributed by atoms with E-state index in [9.17, 15) is 9.90 Å². The molecule has 2 aromatic rings. The molecule has 0 saturated heterocycles. The van der Waals surface area contributed by atoms with Gasteiger partial charge in [0.05, 0.1) is 30.1 Å². The number of rotatable bonds is 4. The van der Waals surface area contributed by atoms with E-state index in [0.29, 0.717) is 22.2 Å². The van der Waals surface area contributed by atoms with Crippen LogP contribution in [-0.4, -0.2) is 38.4 Å². The predicted molar refractivity (Wildman–Crippen MR) is 109 cm³/mol. The van der Waals surface area contributed by atoms with Crippen LogP contribution in [0.15, 0.2) is 24.3 Å². The van der Waals surface area contributed by atoms with Crippen molar-refractivity contribution < 1.29 is 14.6 Å². The topological polar surface area (TPSA) is 67.6 Å². The maximum atomic E-state index is 11.9. The molecule has 0 bridgehead atoms. The fourth-order valence-electron chi connectivity index (χ4n) is 2.33. The highest BCUT2D eigenvalue weighted by molar-refractivity contribution is 6.68. The second-order valence-electron chi connectivity index (χ2n) is 6.85. The summed E-state index contributed by atoms with van der Waals surface area (Å²) in [7, 11) is 1.51. The first kappa shape index (κ1) is 22.0. The van der Waals surface area contributed by atoms with Crippen molar-refractivity contribution in [3.05, 3.63) is 35.0 Å². The molecule has 1 aromatic carbocycles. The molecule has 27 heavy (non-hydrogen) atoms. The number of halogens is 4. The molecule has 1 aromatic heterocycles. The van der Waals surface area contributed by atoms with E-state index in [1.807, 2.05) is 20.8 Å². The number of nitrogens with zero attached hydrogens (tertiary/aromatic N) is 3. The van der Waals surface area contributed by atoms with Crippen molar-refractivity contribution in [3.8, 4) is 11.4 Å². The van der Waals surface area contributed by atoms with Gasteiger partial charge in [-0.1, -0.05) is 67.2 Å². The van der Waals surface area contributed by atoms with Crippen LogP contribution >= 0.6 is 46.4 Å². The number of carbonyl (C=O) groups is 1. The minimum atomic E-state index is -1.80. The predicted octanol–water partition coefficient (Wildman–Crippen LogP) is 5.69. The molecule has 0 saturated carbocycles. The van der Waals surface area contributed by atoms with Gasteiger partial charge < -0.3 is 9.84 Å². The molecule has 0 spiro atoms. The summed E-state index contributed by atoms with van der Waals surface area (Å²) >= 11 is 23.7. The van der Waals surface area contributed by atoms with E-state index in [2.05, 4.69) is 5.10 Å². The molecule has 0 aliphatic heterocycles. The van der Waals surface area contributed by atoms with Gasteiger partial charge in [0.15, 0.2) is 0 Å². The highest BCUT2D eigenvalue weighted by atomic mass is 35.6. The molecule has 0 atom stereocenters. The fraction of sp³-hybridized carbons (Fsp3) is 0.412. The molecule has 0 aliphatic rings. The van der Waals surface area contributed by atoms with E-state index in [1.165, 1.54) is 11.8 Å². The molecule has 1 amide bonds. The molecular weight excluding hydrogens is 436 g/mol. The van der Waals surface area contributed by atoms with Gasteiger partial charge in [-0.25, -0.2) is 9.48 Å². The van der Waals surface area contributed by atoms with Gasteiger partial charge in [0, 0.05) is 11.5 Å². The third kappa shape index (κ3) is 5.35. The third-order valence-electron chi connectivity index (χ3n) is 3.68. The molecule has 6 nitrogen and oxygen atoms in total. The largest absolute Gasteiger partial charge is 0.495 e. The van der Waals surface area contributed by atoms with Gasteiger partial charge in [0.2, 0.25) is 3.79 Å². The Morgan fingerprint density at radius 2 is 1.89 bits per heavy atom. The summed E-state index contributed by atoms with van der Waals surface area (Å²) in [6.45, 7) is 5.52. The number of hydrogen-bond acceptors (Lipinski definition) is 3. The van der Waals surface area contributed by atoms with E-state index in [0.717, 1.165) is 4.90 Å². The summed E-state index contributed by atoms with van der Waals surface area (Å²) < 4.78 is 4.81. The smallest absolute Gasteiger partial charge is 0.413 e. The molecule has 0 fully saturated rings. The Morgan fingerprint density at radius 1 is 1.26 bits per heavy atom. The first-order valence-electron chi connectivity index (χ1n) is 7.85. The summed E-state index contributed by atoms with van der Waals surface area (Å²) in [5.41, 5.74) is 0.877. The van der Waals surface area contributed by atoms with Gasteiger partial charge in [0.25, 0.3) is 0 Å². The Bertz CT molecular complexity index is 841. The molecule has 0 aliphatic carbocycles. The number of alkyl halides is 3. The Balaban J connectivity index is 2.67. The third-order valence-corrected chi connectivity index (χ3v) is 4.34. The molecular formula is C17H19Cl4N3O3. The number of carboxylic acid groups (broad SMARTS) is 1. The van der Waals surface area contributed by atoms with Crippen molar-refractivity contribution in [1.29, 1.82) is 0 Å². The standard InChI is InChI=1S/C17H19Cl4N3O3/c1-16(2,3)13-8-14(23(15(25)26)9-17(19,20)21)24(22-13)10-5-6-12(27-4)11(18)7-10/h5-8H,9H2,1-4H3,(H,25,26). The number of ether oxygens (including phenoxy) is 1. The molecule has 10 heteroatoms. The summed E-state index contributed by atoms with van der Waals surface area (Å²) in [6.07, 6.45) is -1.28. The van der Waals surface area contributed by atoms with Crippen LogP contribution < -0.4 is 9.64 Å². The van der Waals surface area contributed by atoms with Crippen molar-refractivity contribution in [2.24, 2.45) is 0 Å². The first-order chi connectivity index (χ1) is 12.3. The van der Waals surface area contributed by atoms with Crippen LogP contribution in [0, 0.1) is 0 Å². The van der Waals surface area contributed by atoms with E-state index in [1.54, 1.807) is 24.3 Å². The second kappa shape index (κ2) is 7.95. The summed E-state index contributed by atoms with van der Waals surface area (Å²) in [5.74, 6) is 0.724. The quantitative estimate of drug-likeness (QED) is 0.602. The van der Waals surface area contributed by atoms with Crippen LogP contribution in [0.2, 0.25) is 5.02 Å². The molecule has 0 radical (unpaired) electrons. The minimum Gasteiger partial charge on any atom is -0.495 e. The van der Waals surface area contributed by atoms with Gasteiger partial charge >= 0.3 is 6.09 Å². The maximum absolute atomic E-state index is 11.9. The van der Waals surface area contributed by atoms with Crippen molar-refractivity contribution in [2.45, 2.75) is 30.0 Å². The number of anilines is 1. The zero-order chi connectivity index (χ0) is 20.6. The molecule has 1 N–H and O–H groups in total. The summed E-state index contributed by atoms with van der Waals surface area (Å²) in [6, 6.07) is 6.66. The lowest BCUT2D eigenvalue weighted by atomic mass is 9.92. The normalized spacial score (nSPS) is 12.1. The highest BCUT2D eigenvalue weighted by Gasteiger charge is 2.32. The number of amides is 1. The van der Waals surface area contributed by atoms with E-state index < -0.39 is 9.89 Å². The Labute approximate surface area is 177 Å². The lowest BCUT2D eigenvalue weighted by Crippen LogP contribution is -2.38. The summed E-state index contributed by atoms with van der Waals surface area (Å²) in [4.78, 5) is 12.8. The number of benzene rings is 1. The maximum Gasteiger partial charge on any atom is 0.413 e. The molecule has 1 heterocycles. The van der Waals surface area contributed by atoms with Gasteiger partial charge in [-0.3, -0.25) is 4.90 Å². The monoisotopic (exact) mass is 453 g/mol. The van der Waals surface area contributed by atoms with Gasteiger partial charge in [0.1, 0.15) is 11.6 Å². The zero-order valence-electron chi connectivity index (χ0n) is 15.1. The number of hydrogen-bond donors (Lipinski definition) is 1. The average Bonchev–Trinajstić information content (AvgIpc) is 2.96. The van der Waals surface area contributed by atoms with Crippen molar-refractivity contribution >= 4 is 58.3 Å². The van der Waals surface area contributed by atoms with Crippen molar-refractivity contribution in [2.75, 3.05) is 18.6 Å². The van der Waals surface area contributed by atoms with Crippen molar-refractivity contribution in [3.63, 3.8) is 0 Å². The number of aromatic nitrogens is 2. The zero-order valence-corrected chi connectivity index (χ0v) is 18.2. The second-order valence-corrected chi connectivity index (χ2v) is 9.78. The lowest BCUT2D eigenvalue weighted by molar-refractivity contribution is 0.201. The van der Waals surface area contributed by atoms with E-state index in [4.69, 9.17) is 51.1 Å². The van der Waals surface area contributed by atoms with Gasteiger partial charge in [-0.2, -0.15) is 5.10 Å². The fourth-order valence-corrected chi connectivity index (χ4v) is 2.94. The molecule has 0 unspecified atom stereocenters. The SMILES string of the molecule is COc1ccc(-n2nc(C(C)(C)C)cc2N(CC(Cl)(Cl)Cl)C(=O)O)cc1Cl. The minimum absolute atomic E-state index is 0.236. The Kier molecular flexibility index (Phi) is 6.47. The number of methoxy groups -OCH3 is 1. The molecule has 2 rings (SSSR count).